The van der Waals surface area contributed by atoms with Gasteiger partial charge in [-0.05, 0) is 34.0 Å². The topological polar surface area (TPSA) is 28.7 Å². The molecule has 2 nitrogen and oxygen atoms in total. The normalized spacial score (nSPS) is 10.5. The van der Waals surface area contributed by atoms with Gasteiger partial charge in [0.2, 0.25) is 0 Å². The number of hydrogen-bond donors (Lipinski definition) is 1. The van der Waals surface area contributed by atoms with Crippen LogP contribution >= 0.6 is 73.6 Å². The fraction of sp³-hybridized carbons (Fsp3) is 0.500. The molecule has 11 heteroatoms. The first-order chi connectivity index (χ1) is 7.99. The Labute approximate surface area is 122 Å². The summed E-state index contributed by atoms with van der Waals surface area (Å²) in [6.45, 7) is 6.61. The van der Waals surface area contributed by atoms with Gasteiger partial charge in [0.25, 0.3) is 0 Å². The van der Waals surface area contributed by atoms with Crippen LogP contribution < -0.4 is 0 Å². The molecule has 0 saturated carbocycles. The van der Waals surface area contributed by atoms with Crippen LogP contribution in [0.25, 0.3) is 0 Å². The van der Waals surface area contributed by atoms with E-state index in [-0.39, 0.29) is 14.0 Å². The Hall–Kier alpha value is 3.08. The molecule has 1 aromatic heterocycles. The van der Waals surface area contributed by atoms with Gasteiger partial charge >= 0.3 is 0 Å². The van der Waals surface area contributed by atoms with Crippen molar-refractivity contribution < 1.29 is 0 Å². The Morgan fingerprint density at radius 1 is 1.18 bits per heavy atom. The predicted molar refractivity (Wildman–Crippen MR) is 112 cm³/mol. The van der Waals surface area contributed by atoms with Crippen LogP contribution in [0.5, 0.6) is 0 Å². The predicted octanol–water partition coefficient (Wildman–Crippen LogP) is 6.55. The second kappa shape index (κ2) is 15.5. The van der Waals surface area contributed by atoms with Crippen LogP contribution in [0.15, 0.2) is 12.3 Å². The Kier molecular flexibility index (Phi) is 20.3. The van der Waals surface area contributed by atoms with Gasteiger partial charge in [0.05, 0.1) is 0 Å². The number of aromatic amines is 1. The van der Waals surface area contributed by atoms with Crippen LogP contribution in [0.4, 0.5) is 0 Å². The standard InChI is InChI=1S/C4H6N2.C2H6.H11P9/c1-4-2-3-5-6-4;1-2;1-6-9(7(2)3)8(4)5/h2-3H,1H3,(H,5,6);1-2H3;6H,1-5H2. The quantitative estimate of drug-likeness (QED) is 0.571. The molecule has 1 aromatic rings. The first-order valence-electron chi connectivity index (χ1n) is 4.80. The molecule has 0 aliphatic rings. The summed E-state index contributed by atoms with van der Waals surface area (Å²) in [6, 6.07) is 1.92. The zero-order valence-corrected chi connectivity index (χ0v) is 19.8. The number of aromatic nitrogens is 2. The highest BCUT2D eigenvalue weighted by Crippen LogP contribution is 3.04. The van der Waals surface area contributed by atoms with E-state index in [1.807, 2.05) is 26.8 Å². The lowest BCUT2D eigenvalue weighted by atomic mass is 10.5. The van der Waals surface area contributed by atoms with E-state index in [4.69, 9.17) is 0 Å². The molecule has 6 atom stereocenters. The number of hydrogen-bond acceptors (Lipinski definition) is 1. The molecule has 0 aliphatic carbocycles. The van der Waals surface area contributed by atoms with Gasteiger partial charge in [-0.15, -0.1) is 44.6 Å². The first-order valence-corrected chi connectivity index (χ1v) is 20.4. The number of nitrogens with zero attached hydrogens (tertiary/aromatic N) is 1. The van der Waals surface area contributed by atoms with Crippen molar-refractivity contribution in [1.82, 2.24) is 10.2 Å². The van der Waals surface area contributed by atoms with Crippen molar-refractivity contribution in [2.45, 2.75) is 20.8 Å². The maximum Gasteiger partial charge on any atom is 0.0489 e. The Morgan fingerprint density at radius 3 is 1.71 bits per heavy atom. The summed E-state index contributed by atoms with van der Waals surface area (Å²) >= 11 is 0. The lowest BCUT2D eigenvalue weighted by molar-refractivity contribution is 1.05. The van der Waals surface area contributed by atoms with E-state index in [0.29, 0.717) is 6.99 Å². The van der Waals surface area contributed by atoms with Crippen molar-refractivity contribution in [2.75, 3.05) is 0 Å². The first kappa shape index (κ1) is 22.4. The van der Waals surface area contributed by atoms with Gasteiger partial charge < -0.3 is 0 Å². The number of H-pyrrole nitrogens is 1. The summed E-state index contributed by atoms with van der Waals surface area (Å²) in [7, 11) is 15.6. The average molecular weight is 402 g/mol. The van der Waals surface area contributed by atoms with E-state index < -0.39 is 0 Å². The smallest absolute Gasteiger partial charge is 0.0489 e. The van der Waals surface area contributed by atoms with Gasteiger partial charge in [-0.1, -0.05) is 21.8 Å². The molecular formula is C6H23N2P9. The lowest BCUT2D eigenvalue weighted by Crippen LogP contribution is -1.65. The van der Waals surface area contributed by atoms with Crippen LogP contribution in [0, 0.1) is 6.92 Å². The second-order valence-electron chi connectivity index (χ2n) is 2.42. The van der Waals surface area contributed by atoms with Crippen LogP contribution in [-0.2, 0) is 0 Å². The molecular weight excluding hydrogens is 379 g/mol. The molecule has 0 fully saturated rings. The summed E-state index contributed by atoms with van der Waals surface area (Å²) in [4.78, 5) is 0. The van der Waals surface area contributed by atoms with Gasteiger partial charge in [-0.3, -0.25) is 5.10 Å². The van der Waals surface area contributed by atoms with Gasteiger partial charge in [-0.2, -0.15) is 5.10 Å². The van der Waals surface area contributed by atoms with E-state index >= 15 is 0 Å². The molecule has 0 saturated heterocycles. The van der Waals surface area contributed by atoms with Gasteiger partial charge in [0, 0.05) is 11.9 Å². The fourth-order valence-electron chi connectivity index (χ4n) is 0.578. The van der Waals surface area contributed by atoms with Gasteiger partial charge in [0.1, 0.15) is 0 Å². The van der Waals surface area contributed by atoms with Crippen LogP contribution in [0.3, 0.4) is 0 Å². The van der Waals surface area contributed by atoms with Crippen molar-refractivity contribution in [1.29, 1.82) is 0 Å². The van der Waals surface area contributed by atoms with Crippen LogP contribution in [0.1, 0.15) is 19.5 Å². The summed E-state index contributed by atoms with van der Waals surface area (Å²) in [5, 5.41) is 6.45. The van der Waals surface area contributed by atoms with Crippen molar-refractivity contribution in [3.8, 4) is 0 Å². The van der Waals surface area contributed by atoms with E-state index in [1.165, 1.54) is 0 Å². The summed E-state index contributed by atoms with van der Waals surface area (Å²) in [6.07, 6.45) is 1.73. The van der Waals surface area contributed by atoms with Gasteiger partial charge in [-0.25, -0.2) is 0 Å². The number of nitrogens with one attached hydrogen (secondary N) is 1. The zero-order valence-electron chi connectivity index (χ0n) is 10.3. The Bertz CT molecular complexity index is 232. The zero-order chi connectivity index (χ0) is 13.8. The van der Waals surface area contributed by atoms with Crippen molar-refractivity contribution in [3.63, 3.8) is 0 Å². The van der Waals surface area contributed by atoms with Gasteiger partial charge in [0.15, 0.2) is 0 Å². The van der Waals surface area contributed by atoms with E-state index in [1.54, 1.807) is 6.20 Å². The highest BCUT2D eigenvalue weighted by atomic mass is 33.2. The molecule has 0 aromatic carbocycles. The SMILES string of the molecule is CC.Cc1ccn[nH]1.PPP(P(P)P)P(P)P. The molecule has 0 bridgehead atoms. The number of aryl methyl sites for hydroxylation is 1. The second-order valence-corrected chi connectivity index (χ2v) is 33.1. The van der Waals surface area contributed by atoms with Crippen LogP contribution in [-0.4, -0.2) is 10.2 Å². The van der Waals surface area contributed by atoms with Crippen molar-refractivity contribution in [2.24, 2.45) is 0 Å². The summed E-state index contributed by atoms with van der Waals surface area (Å²) in [5.41, 5.74) is 1.11. The summed E-state index contributed by atoms with van der Waals surface area (Å²) < 4.78 is 0. The lowest BCUT2D eigenvalue weighted by Gasteiger charge is -2.22. The minimum absolute atomic E-state index is 0.173. The summed E-state index contributed by atoms with van der Waals surface area (Å²) in [5.74, 6) is 0. The molecule has 0 aliphatic heterocycles. The Morgan fingerprint density at radius 2 is 1.65 bits per heavy atom. The molecule has 6 unspecified atom stereocenters. The van der Waals surface area contributed by atoms with E-state index in [0.717, 1.165) is 13.7 Å². The minimum Gasteiger partial charge on any atom is -0.283 e. The maximum absolute atomic E-state index is 3.70. The molecule has 0 amide bonds. The highest BCUT2D eigenvalue weighted by molar-refractivity contribution is 9.10. The third kappa shape index (κ3) is 13.8. The minimum atomic E-state index is 0.173. The van der Waals surface area contributed by atoms with Crippen molar-refractivity contribution in [3.05, 3.63) is 18.0 Å². The molecule has 1 rings (SSSR count). The van der Waals surface area contributed by atoms with E-state index in [2.05, 4.69) is 54.8 Å². The molecule has 0 radical (unpaired) electrons. The van der Waals surface area contributed by atoms with Crippen molar-refractivity contribution >= 4 is 73.6 Å². The average Bonchev–Trinajstić information content (AvgIpc) is 2.73. The number of rotatable bonds is 3. The third-order valence-corrected chi connectivity index (χ3v) is 45.4. The highest BCUT2D eigenvalue weighted by Gasteiger charge is 2.14. The molecule has 0 spiro atoms. The van der Waals surface area contributed by atoms with Crippen LogP contribution in [0.2, 0.25) is 0 Å². The monoisotopic (exact) mass is 402 g/mol. The van der Waals surface area contributed by atoms with E-state index in [9.17, 15) is 0 Å². The molecule has 102 valence electrons. The largest absolute Gasteiger partial charge is 0.283 e. The fourth-order valence-corrected chi connectivity index (χ4v) is 61.7. The Balaban J connectivity index is 0. The maximum atomic E-state index is 3.70. The molecule has 1 N–H and O–H groups in total. The third-order valence-electron chi connectivity index (χ3n) is 1.19. The molecule has 17 heavy (non-hydrogen) atoms. The molecule has 1 heterocycles.